The lowest BCUT2D eigenvalue weighted by Gasteiger charge is -1.95. The zero-order valence-corrected chi connectivity index (χ0v) is 6.46. The molecule has 0 aliphatic carbocycles. The van der Waals surface area contributed by atoms with Crippen molar-refractivity contribution in [1.29, 1.82) is 0 Å². The van der Waals surface area contributed by atoms with Crippen LogP contribution in [0, 0.1) is 5.92 Å². The molecule has 3 heteroatoms. The van der Waals surface area contributed by atoms with E-state index in [2.05, 4.69) is 5.32 Å². The number of hydrogen-bond acceptors (Lipinski definition) is 2. The monoisotopic (exact) mass is 153 g/mol. The van der Waals surface area contributed by atoms with Crippen LogP contribution in [0.5, 0.6) is 0 Å². The first-order valence-electron chi connectivity index (χ1n) is 3.68. The van der Waals surface area contributed by atoms with E-state index in [9.17, 15) is 9.59 Å². The highest BCUT2D eigenvalue weighted by atomic mass is 16.2. The van der Waals surface area contributed by atoms with E-state index in [4.69, 9.17) is 0 Å². The number of carbonyl (C=O) groups excluding carboxylic acids is 2. The van der Waals surface area contributed by atoms with E-state index in [0.717, 1.165) is 18.3 Å². The number of aldehydes is 1. The van der Waals surface area contributed by atoms with Gasteiger partial charge in [0.15, 0.2) is 0 Å². The molecule has 1 amide bonds. The third-order valence-electron chi connectivity index (χ3n) is 1.65. The zero-order valence-electron chi connectivity index (χ0n) is 6.46. The summed E-state index contributed by atoms with van der Waals surface area (Å²) in [6, 6.07) is 0. The third-order valence-corrected chi connectivity index (χ3v) is 1.65. The van der Waals surface area contributed by atoms with E-state index in [-0.39, 0.29) is 11.8 Å². The molecule has 1 fully saturated rings. The smallest absolute Gasteiger partial charge is 0.246 e. The van der Waals surface area contributed by atoms with Gasteiger partial charge in [0.05, 0.1) is 0 Å². The van der Waals surface area contributed by atoms with Crippen LogP contribution >= 0.6 is 0 Å². The first-order chi connectivity index (χ1) is 5.24. The predicted octanol–water partition coefficient (Wildman–Crippen LogP) is 0.268. The van der Waals surface area contributed by atoms with Gasteiger partial charge in [0.1, 0.15) is 6.29 Å². The van der Waals surface area contributed by atoms with Gasteiger partial charge in [-0.15, -0.1) is 0 Å². The summed E-state index contributed by atoms with van der Waals surface area (Å²) in [5.74, 6) is -0.174. The highest BCUT2D eigenvalue weighted by molar-refractivity contribution is 5.95. The van der Waals surface area contributed by atoms with Gasteiger partial charge in [-0.25, -0.2) is 0 Å². The first kappa shape index (κ1) is 7.98. The van der Waals surface area contributed by atoms with Crippen LogP contribution in [-0.4, -0.2) is 18.7 Å². The molecule has 0 saturated carbocycles. The summed E-state index contributed by atoms with van der Waals surface area (Å²) >= 11 is 0. The van der Waals surface area contributed by atoms with Crippen LogP contribution in [0.4, 0.5) is 0 Å². The Morgan fingerprint density at radius 1 is 1.64 bits per heavy atom. The number of hydrogen-bond donors (Lipinski definition) is 1. The minimum absolute atomic E-state index is 0.0290. The number of carbonyl (C=O) groups is 2. The zero-order chi connectivity index (χ0) is 8.27. The second-order valence-electron chi connectivity index (χ2n) is 2.69. The van der Waals surface area contributed by atoms with Crippen LogP contribution in [0.3, 0.4) is 0 Å². The third kappa shape index (κ3) is 1.90. The molecule has 1 N–H and O–H groups in total. The predicted molar refractivity (Wildman–Crippen MR) is 40.9 cm³/mol. The van der Waals surface area contributed by atoms with Gasteiger partial charge in [-0.05, 0) is 6.42 Å². The van der Waals surface area contributed by atoms with Crippen molar-refractivity contribution >= 4 is 12.2 Å². The molecule has 0 aromatic heterocycles. The quantitative estimate of drug-likeness (QED) is 0.457. The summed E-state index contributed by atoms with van der Waals surface area (Å²) in [4.78, 5) is 21.2. The summed E-state index contributed by atoms with van der Waals surface area (Å²) in [6.45, 7) is 2.47. The average Bonchev–Trinajstić information content (AvgIpc) is 2.37. The first-order valence-corrected chi connectivity index (χ1v) is 3.68. The molecule has 1 heterocycles. The molecular formula is C8H11NO2. The molecule has 1 aliphatic heterocycles. The van der Waals surface area contributed by atoms with Crippen molar-refractivity contribution in [3.8, 4) is 0 Å². The average molecular weight is 153 g/mol. The van der Waals surface area contributed by atoms with Crippen molar-refractivity contribution in [2.45, 2.75) is 13.3 Å². The lowest BCUT2D eigenvalue weighted by Crippen LogP contribution is -2.14. The molecule has 0 aromatic carbocycles. The van der Waals surface area contributed by atoms with Crippen LogP contribution < -0.4 is 5.32 Å². The summed E-state index contributed by atoms with van der Waals surface area (Å²) in [5.41, 5.74) is 0.740. The van der Waals surface area contributed by atoms with Crippen molar-refractivity contribution in [3.05, 3.63) is 11.6 Å². The number of allylic oxidation sites excluding steroid dienone is 1. The number of rotatable bonds is 2. The van der Waals surface area contributed by atoms with Gasteiger partial charge in [0.2, 0.25) is 5.91 Å². The Kier molecular flexibility index (Phi) is 2.41. The minimum atomic E-state index is -0.145. The normalized spacial score (nSPS) is 23.4. The van der Waals surface area contributed by atoms with E-state index in [1.54, 1.807) is 13.0 Å². The van der Waals surface area contributed by atoms with Crippen molar-refractivity contribution in [2.24, 2.45) is 5.92 Å². The second kappa shape index (κ2) is 3.32. The Labute approximate surface area is 65.5 Å². The van der Waals surface area contributed by atoms with Gasteiger partial charge in [0.25, 0.3) is 0 Å². The van der Waals surface area contributed by atoms with Gasteiger partial charge in [-0.1, -0.05) is 13.0 Å². The maximum atomic E-state index is 10.9. The maximum absolute atomic E-state index is 10.9. The van der Waals surface area contributed by atoms with E-state index in [1.807, 2.05) is 0 Å². The molecule has 1 saturated heterocycles. The van der Waals surface area contributed by atoms with Crippen molar-refractivity contribution in [3.63, 3.8) is 0 Å². The Bertz CT molecular complexity index is 208. The molecule has 0 bridgehead atoms. The Morgan fingerprint density at radius 3 is 2.82 bits per heavy atom. The van der Waals surface area contributed by atoms with Gasteiger partial charge >= 0.3 is 0 Å². The van der Waals surface area contributed by atoms with Gasteiger partial charge in [0, 0.05) is 18.0 Å². The molecule has 1 atom stereocenters. The summed E-state index contributed by atoms with van der Waals surface area (Å²) in [7, 11) is 0. The standard InChI is InChI=1S/C8H11NO2/c1-6(5-10)4-7-2-3-9-8(7)11/h4-6H,2-3H2,1H3,(H,9,11)/b7-4+/t6-/m0/s1. The van der Waals surface area contributed by atoms with Crippen LogP contribution in [0.15, 0.2) is 11.6 Å². The summed E-state index contributed by atoms with van der Waals surface area (Å²) in [5, 5.41) is 2.68. The molecule has 60 valence electrons. The van der Waals surface area contributed by atoms with Crippen LogP contribution in [0.1, 0.15) is 13.3 Å². The molecule has 1 rings (SSSR count). The molecule has 0 aromatic rings. The molecule has 0 radical (unpaired) electrons. The number of amides is 1. The van der Waals surface area contributed by atoms with E-state index in [0.29, 0.717) is 6.54 Å². The Hall–Kier alpha value is -1.12. The molecule has 11 heavy (non-hydrogen) atoms. The van der Waals surface area contributed by atoms with Crippen LogP contribution in [0.2, 0.25) is 0 Å². The van der Waals surface area contributed by atoms with E-state index < -0.39 is 0 Å². The molecule has 0 unspecified atom stereocenters. The highest BCUT2D eigenvalue weighted by Gasteiger charge is 2.16. The van der Waals surface area contributed by atoms with Gasteiger partial charge in [-0.3, -0.25) is 4.79 Å². The summed E-state index contributed by atoms with van der Waals surface area (Å²) < 4.78 is 0. The topological polar surface area (TPSA) is 46.2 Å². The molecular weight excluding hydrogens is 142 g/mol. The fourth-order valence-electron chi connectivity index (χ4n) is 1.05. The lowest BCUT2D eigenvalue weighted by atomic mass is 10.1. The fourth-order valence-corrected chi connectivity index (χ4v) is 1.05. The van der Waals surface area contributed by atoms with Crippen molar-refractivity contribution in [1.82, 2.24) is 5.32 Å². The maximum Gasteiger partial charge on any atom is 0.246 e. The highest BCUT2D eigenvalue weighted by Crippen LogP contribution is 2.10. The Balaban J connectivity index is 2.64. The lowest BCUT2D eigenvalue weighted by molar-refractivity contribution is -0.116. The summed E-state index contributed by atoms with van der Waals surface area (Å²) in [6.07, 6.45) is 3.30. The SMILES string of the molecule is C[C@H](C=O)/C=C1\CCNC1=O. The van der Waals surface area contributed by atoms with E-state index in [1.165, 1.54) is 0 Å². The van der Waals surface area contributed by atoms with Crippen molar-refractivity contribution in [2.75, 3.05) is 6.54 Å². The van der Waals surface area contributed by atoms with Gasteiger partial charge < -0.3 is 10.1 Å². The Morgan fingerprint density at radius 2 is 2.36 bits per heavy atom. The second-order valence-corrected chi connectivity index (χ2v) is 2.69. The fraction of sp³-hybridized carbons (Fsp3) is 0.500. The minimum Gasteiger partial charge on any atom is -0.352 e. The van der Waals surface area contributed by atoms with E-state index >= 15 is 0 Å². The van der Waals surface area contributed by atoms with Crippen molar-refractivity contribution < 1.29 is 9.59 Å². The van der Waals surface area contributed by atoms with Crippen LogP contribution in [-0.2, 0) is 9.59 Å². The largest absolute Gasteiger partial charge is 0.352 e. The molecule has 0 spiro atoms. The number of nitrogens with one attached hydrogen (secondary N) is 1. The molecule has 3 nitrogen and oxygen atoms in total. The van der Waals surface area contributed by atoms with Crippen LogP contribution in [0.25, 0.3) is 0 Å². The van der Waals surface area contributed by atoms with Gasteiger partial charge in [-0.2, -0.15) is 0 Å². The molecule has 1 aliphatic rings.